The number of hydrogen-bond donors (Lipinski definition) is 0. The van der Waals surface area contributed by atoms with E-state index < -0.39 is 6.10 Å². The van der Waals surface area contributed by atoms with E-state index in [2.05, 4.69) is 6.92 Å². The van der Waals surface area contributed by atoms with Gasteiger partial charge in [-0.1, -0.05) is 50.1 Å². The van der Waals surface area contributed by atoms with Crippen molar-refractivity contribution < 1.29 is 14.3 Å². The maximum Gasteiger partial charge on any atom is 0.342 e. The van der Waals surface area contributed by atoms with Crippen molar-refractivity contribution in [2.45, 2.75) is 45.0 Å². The average molecular weight is 234 g/mol. The molecule has 2 rings (SSSR count). The molecule has 1 aromatic carbocycles. The van der Waals surface area contributed by atoms with Gasteiger partial charge in [-0.25, -0.2) is 4.79 Å². The normalized spacial score (nSPS) is 23.7. The number of cyclic esters (lactones) is 1. The van der Waals surface area contributed by atoms with Crippen LogP contribution in [0.1, 0.15) is 44.3 Å². The number of benzene rings is 1. The van der Waals surface area contributed by atoms with E-state index in [-0.39, 0.29) is 12.3 Å². The number of hydrogen-bond acceptors (Lipinski definition) is 3. The third-order valence-electron chi connectivity index (χ3n) is 2.90. The lowest BCUT2D eigenvalue weighted by molar-refractivity contribution is -0.144. The summed E-state index contributed by atoms with van der Waals surface area (Å²) in [6.45, 7) is 2.15. The summed E-state index contributed by atoms with van der Waals surface area (Å²) < 4.78 is 10.8. The highest BCUT2D eigenvalue weighted by molar-refractivity contribution is 5.77. The first-order valence-corrected chi connectivity index (χ1v) is 6.22. The van der Waals surface area contributed by atoms with E-state index in [1.54, 1.807) is 0 Å². The molecule has 0 radical (unpaired) electrons. The lowest BCUT2D eigenvalue weighted by atomic mass is 10.1. The monoisotopic (exact) mass is 234 g/mol. The van der Waals surface area contributed by atoms with Crippen LogP contribution in [0.3, 0.4) is 0 Å². The summed E-state index contributed by atoms with van der Waals surface area (Å²) in [5.41, 5.74) is 0.871. The third-order valence-corrected chi connectivity index (χ3v) is 2.90. The molecule has 0 bridgehead atoms. The van der Waals surface area contributed by atoms with Crippen LogP contribution in [-0.2, 0) is 14.3 Å². The van der Waals surface area contributed by atoms with Gasteiger partial charge in [0, 0.05) is 6.42 Å². The lowest BCUT2D eigenvalue weighted by Crippen LogP contribution is -2.07. The molecule has 0 spiro atoms. The molecular weight excluding hydrogens is 216 g/mol. The topological polar surface area (TPSA) is 35.5 Å². The molecule has 1 saturated heterocycles. The molecule has 1 aliphatic heterocycles. The summed E-state index contributed by atoms with van der Waals surface area (Å²) in [6.07, 6.45) is 3.23. The van der Waals surface area contributed by atoms with Crippen molar-refractivity contribution in [1.82, 2.24) is 0 Å². The largest absolute Gasteiger partial charge is 0.434 e. The fraction of sp³-hybridized carbons (Fsp3) is 0.500. The van der Waals surface area contributed by atoms with Crippen molar-refractivity contribution >= 4 is 5.97 Å². The molecule has 0 amide bonds. The molecule has 2 atom stereocenters. The van der Waals surface area contributed by atoms with Crippen LogP contribution in [-0.4, -0.2) is 12.3 Å². The summed E-state index contributed by atoms with van der Waals surface area (Å²) in [7, 11) is 0. The van der Waals surface area contributed by atoms with E-state index in [0.717, 1.165) is 31.2 Å². The highest BCUT2D eigenvalue weighted by atomic mass is 16.7. The van der Waals surface area contributed by atoms with Gasteiger partial charge in [-0.2, -0.15) is 0 Å². The zero-order valence-electron chi connectivity index (χ0n) is 10.1. The molecule has 3 nitrogen and oxygen atoms in total. The second kappa shape index (κ2) is 5.82. The third kappa shape index (κ3) is 3.07. The molecule has 92 valence electrons. The van der Waals surface area contributed by atoms with Crippen LogP contribution in [0.4, 0.5) is 0 Å². The fourth-order valence-electron chi connectivity index (χ4n) is 1.96. The molecule has 1 aromatic rings. The summed E-state index contributed by atoms with van der Waals surface area (Å²) in [5, 5.41) is 0. The number of unbranched alkanes of at least 4 members (excludes halogenated alkanes) is 2. The van der Waals surface area contributed by atoms with Gasteiger partial charge in [-0.15, -0.1) is 0 Å². The second-order valence-electron chi connectivity index (χ2n) is 4.29. The van der Waals surface area contributed by atoms with Gasteiger partial charge >= 0.3 is 5.97 Å². The predicted octanol–water partition coefficient (Wildman–Crippen LogP) is 3.21. The molecule has 17 heavy (non-hydrogen) atoms. The summed E-state index contributed by atoms with van der Waals surface area (Å²) in [4.78, 5) is 11.7. The number of ether oxygens (including phenoxy) is 2. The molecule has 0 N–H and O–H groups in total. The standard InChI is InChI=1S/C14H18O3/c1-2-3-5-10-12-16-13(14(15)17-12)11-8-6-4-7-9-11/h4,6-9,12-13H,2-3,5,10H2,1H3/t12-,13+/m1/s1. The first-order valence-electron chi connectivity index (χ1n) is 6.22. The Morgan fingerprint density at radius 2 is 1.94 bits per heavy atom. The van der Waals surface area contributed by atoms with Gasteiger partial charge in [0.2, 0.25) is 6.29 Å². The lowest BCUT2D eigenvalue weighted by Gasteiger charge is -2.09. The van der Waals surface area contributed by atoms with Crippen molar-refractivity contribution in [3.05, 3.63) is 35.9 Å². The maximum atomic E-state index is 11.7. The molecular formula is C14H18O3. The Kier molecular flexibility index (Phi) is 4.15. The van der Waals surface area contributed by atoms with Gasteiger partial charge in [-0.05, 0) is 12.0 Å². The SMILES string of the molecule is CCCCC[C@H]1OC(=O)[C@H](c2ccccc2)O1. The molecule has 0 saturated carbocycles. The van der Waals surface area contributed by atoms with Gasteiger partial charge in [0.25, 0.3) is 0 Å². The molecule has 1 heterocycles. The molecule has 1 aliphatic rings. The number of carbonyl (C=O) groups excluding carboxylic acids is 1. The zero-order chi connectivity index (χ0) is 12.1. The van der Waals surface area contributed by atoms with Crippen molar-refractivity contribution in [3.63, 3.8) is 0 Å². The first-order chi connectivity index (χ1) is 8.31. The van der Waals surface area contributed by atoms with E-state index >= 15 is 0 Å². The molecule has 1 fully saturated rings. The van der Waals surface area contributed by atoms with E-state index in [1.807, 2.05) is 30.3 Å². The van der Waals surface area contributed by atoms with E-state index in [0.29, 0.717) is 0 Å². The van der Waals surface area contributed by atoms with Crippen molar-refractivity contribution in [2.75, 3.05) is 0 Å². The number of esters is 1. The highest BCUT2D eigenvalue weighted by Gasteiger charge is 2.35. The Morgan fingerprint density at radius 3 is 2.65 bits per heavy atom. The van der Waals surface area contributed by atoms with Crippen molar-refractivity contribution in [3.8, 4) is 0 Å². The van der Waals surface area contributed by atoms with Crippen LogP contribution in [0, 0.1) is 0 Å². The predicted molar refractivity (Wildman–Crippen MR) is 64.3 cm³/mol. The minimum Gasteiger partial charge on any atom is -0.434 e. The Labute approximate surface area is 102 Å². The summed E-state index contributed by atoms with van der Waals surface area (Å²) in [6, 6.07) is 9.50. The highest BCUT2D eigenvalue weighted by Crippen LogP contribution is 2.29. The van der Waals surface area contributed by atoms with E-state index in [9.17, 15) is 4.79 Å². The zero-order valence-corrected chi connectivity index (χ0v) is 10.1. The van der Waals surface area contributed by atoms with Gasteiger partial charge in [0.15, 0.2) is 6.10 Å². The summed E-state index contributed by atoms with van der Waals surface area (Å²) >= 11 is 0. The fourth-order valence-corrected chi connectivity index (χ4v) is 1.96. The molecule has 0 unspecified atom stereocenters. The number of carbonyl (C=O) groups is 1. The second-order valence-corrected chi connectivity index (χ2v) is 4.29. The smallest absolute Gasteiger partial charge is 0.342 e. The minimum absolute atomic E-state index is 0.266. The molecule has 0 aliphatic carbocycles. The van der Waals surface area contributed by atoms with E-state index in [4.69, 9.17) is 9.47 Å². The van der Waals surface area contributed by atoms with Crippen LogP contribution in [0.5, 0.6) is 0 Å². The Balaban J connectivity index is 1.92. The quantitative estimate of drug-likeness (QED) is 0.579. The van der Waals surface area contributed by atoms with Gasteiger partial charge in [-0.3, -0.25) is 0 Å². The van der Waals surface area contributed by atoms with Crippen LogP contribution in [0.15, 0.2) is 30.3 Å². The maximum absolute atomic E-state index is 11.7. The minimum atomic E-state index is -0.539. The average Bonchev–Trinajstić information content (AvgIpc) is 2.72. The van der Waals surface area contributed by atoms with E-state index in [1.165, 1.54) is 0 Å². The van der Waals surface area contributed by atoms with Crippen molar-refractivity contribution in [1.29, 1.82) is 0 Å². The Morgan fingerprint density at radius 1 is 1.18 bits per heavy atom. The van der Waals surface area contributed by atoms with Crippen LogP contribution < -0.4 is 0 Å². The first kappa shape index (κ1) is 12.1. The van der Waals surface area contributed by atoms with Crippen LogP contribution in [0.2, 0.25) is 0 Å². The van der Waals surface area contributed by atoms with Gasteiger partial charge in [0.05, 0.1) is 0 Å². The Bertz CT molecular complexity index is 361. The number of rotatable bonds is 5. The van der Waals surface area contributed by atoms with Crippen LogP contribution >= 0.6 is 0 Å². The van der Waals surface area contributed by atoms with Gasteiger partial charge < -0.3 is 9.47 Å². The van der Waals surface area contributed by atoms with Gasteiger partial charge in [0.1, 0.15) is 0 Å². The Hall–Kier alpha value is -1.35. The molecule has 3 heteroatoms. The van der Waals surface area contributed by atoms with Crippen LogP contribution in [0.25, 0.3) is 0 Å². The molecule has 0 aromatic heterocycles. The summed E-state index contributed by atoms with van der Waals surface area (Å²) in [5.74, 6) is -0.266. The van der Waals surface area contributed by atoms with Crippen molar-refractivity contribution in [2.24, 2.45) is 0 Å².